The summed E-state index contributed by atoms with van der Waals surface area (Å²) in [7, 11) is 0. The second-order valence-electron chi connectivity index (χ2n) is 6.41. The molecule has 128 valence electrons. The fourth-order valence-corrected chi connectivity index (χ4v) is 2.77. The number of para-hydroxylation sites is 1. The summed E-state index contributed by atoms with van der Waals surface area (Å²) in [4.78, 5) is 13.6. The van der Waals surface area contributed by atoms with Gasteiger partial charge in [-0.05, 0) is 47.9 Å². The molecule has 0 aliphatic rings. The van der Waals surface area contributed by atoms with Crippen LogP contribution in [0.4, 0.5) is 0 Å². The van der Waals surface area contributed by atoms with Crippen LogP contribution in [0.15, 0.2) is 72.9 Å². The van der Waals surface area contributed by atoms with Gasteiger partial charge in [0, 0.05) is 6.20 Å². The van der Waals surface area contributed by atoms with E-state index in [0.29, 0.717) is 17.6 Å². The number of pyridine rings is 1. The number of rotatable bonds is 4. The van der Waals surface area contributed by atoms with Crippen LogP contribution in [0.3, 0.4) is 0 Å². The zero-order chi connectivity index (χ0) is 17.9. The Kier molecular flexibility index (Phi) is 4.32. The van der Waals surface area contributed by atoms with E-state index in [1.165, 1.54) is 5.56 Å². The van der Waals surface area contributed by atoms with E-state index in [-0.39, 0.29) is 0 Å². The second-order valence-corrected chi connectivity index (χ2v) is 6.41. The van der Waals surface area contributed by atoms with Crippen LogP contribution in [-0.2, 0) is 0 Å². The third kappa shape index (κ3) is 3.26. The topological polar surface area (TPSA) is 47.9 Å². The van der Waals surface area contributed by atoms with Crippen molar-refractivity contribution in [2.45, 2.75) is 19.8 Å². The highest BCUT2D eigenvalue weighted by Crippen LogP contribution is 2.30. The van der Waals surface area contributed by atoms with Crippen molar-refractivity contribution in [1.29, 1.82) is 0 Å². The Labute approximate surface area is 152 Å². The average Bonchev–Trinajstić information content (AvgIpc) is 2.69. The summed E-state index contributed by atoms with van der Waals surface area (Å²) in [6.07, 6.45) is 1.74. The first kappa shape index (κ1) is 16.2. The Morgan fingerprint density at radius 3 is 2.31 bits per heavy atom. The fraction of sp³-hybridized carbons (Fsp3) is 0.136. The number of nitrogens with zero attached hydrogens (tertiary/aromatic N) is 3. The molecule has 0 radical (unpaired) electrons. The molecule has 26 heavy (non-hydrogen) atoms. The van der Waals surface area contributed by atoms with Gasteiger partial charge in [-0.3, -0.25) is 4.98 Å². The van der Waals surface area contributed by atoms with E-state index in [1.807, 2.05) is 54.6 Å². The number of ether oxygens (including phenoxy) is 1. The van der Waals surface area contributed by atoms with Crippen LogP contribution in [-0.4, -0.2) is 15.0 Å². The van der Waals surface area contributed by atoms with Gasteiger partial charge in [0.2, 0.25) is 5.88 Å². The van der Waals surface area contributed by atoms with Crippen LogP contribution in [0.25, 0.3) is 22.4 Å². The van der Waals surface area contributed by atoms with Crippen LogP contribution in [0, 0.1) is 0 Å². The highest BCUT2D eigenvalue weighted by molar-refractivity contribution is 5.85. The van der Waals surface area contributed by atoms with Crippen LogP contribution < -0.4 is 4.74 Å². The molecule has 0 spiro atoms. The molecule has 0 bridgehead atoms. The maximum absolute atomic E-state index is 6.11. The van der Waals surface area contributed by atoms with Crippen molar-refractivity contribution in [3.63, 3.8) is 0 Å². The predicted octanol–water partition coefficient (Wildman–Crippen LogP) is 5.61. The van der Waals surface area contributed by atoms with Gasteiger partial charge < -0.3 is 4.74 Å². The molecule has 2 aromatic heterocycles. The minimum atomic E-state index is 0.486. The summed E-state index contributed by atoms with van der Waals surface area (Å²) in [6.45, 7) is 4.35. The summed E-state index contributed by atoms with van der Waals surface area (Å²) < 4.78 is 6.11. The number of aromatic nitrogens is 3. The van der Waals surface area contributed by atoms with Crippen molar-refractivity contribution in [2.75, 3.05) is 0 Å². The van der Waals surface area contributed by atoms with Gasteiger partial charge in [-0.25, -0.2) is 4.98 Å². The lowest BCUT2D eigenvalue weighted by atomic mass is 10.0. The monoisotopic (exact) mass is 341 g/mol. The maximum atomic E-state index is 6.11. The first-order valence-electron chi connectivity index (χ1n) is 8.67. The first-order chi connectivity index (χ1) is 12.7. The van der Waals surface area contributed by atoms with Crippen molar-refractivity contribution in [3.05, 3.63) is 78.5 Å². The Hall–Kier alpha value is -3.27. The average molecular weight is 341 g/mol. The van der Waals surface area contributed by atoms with Crippen molar-refractivity contribution >= 4 is 10.9 Å². The minimum absolute atomic E-state index is 0.486. The lowest BCUT2D eigenvalue weighted by Crippen LogP contribution is -1.97. The highest BCUT2D eigenvalue weighted by Gasteiger charge is 2.12. The Morgan fingerprint density at radius 2 is 1.58 bits per heavy atom. The molecule has 0 saturated carbocycles. The maximum Gasteiger partial charge on any atom is 0.230 e. The van der Waals surface area contributed by atoms with Gasteiger partial charge in [-0.15, -0.1) is 0 Å². The van der Waals surface area contributed by atoms with E-state index < -0.39 is 0 Å². The fourth-order valence-electron chi connectivity index (χ4n) is 2.77. The van der Waals surface area contributed by atoms with Crippen LogP contribution in [0.2, 0.25) is 0 Å². The molecule has 2 aromatic carbocycles. The zero-order valence-corrected chi connectivity index (χ0v) is 14.8. The Bertz CT molecular complexity index is 1030. The zero-order valence-electron chi connectivity index (χ0n) is 14.8. The molecule has 2 heterocycles. The molecule has 0 atom stereocenters. The van der Waals surface area contributed by atoms with E-state index in [0.717, 1.165) is 22.3 Å². The number of fused-ring (bicyclic) bond motifs is 1. The van der Waals surface area contributed by atoms with E-state index in [9.17, 15) is 0 Å². The van der Waals surface area contributed by atoms with Gasteiger partial charge in [0.15, 0.2) is 5.82 Å². The lowest BCUT2D eigenvalue weighted by Gasteiger charge is -2.11. The van der Waals surface area contributed by atoms with Crippen LogP contribution >= 0.6 is 0 Å². The van der Waals surface area contributed by atoms with E-state index in [2.05, 4.69) is 40.9 Å². The molecule has 0 unspecified atom stereocenters. The largest absolute Gasteiger partial charge is 0.438 e. The summed E-state index contributed by atoms with van der Waals surface area (Å²) in [5.74, 6) is 2.33. The summed E-state index contributed by atoms with van der Waals surface area (Å²) in [6, 6.07) is 21.7. The predicted molar refractivity (Wildman–Crippen MR) is 103 cm³/mol. The molecule has 0 amide bonds. The van der Waals surface area contributed by atoms with Gasteiger partial charge in [0.25, 0.3) is 0 Å². The van der Waals surface area contributed by atoms with Gasteiger partial charge in [0.05, 0.1) is 10.9 Å². The quantitative estimate of drug-likeness (QED) is 0.484. The minimum Gasteiger partial charge on any atom is -0.438 e. The molecule has 4 nitrogen and oxygen atoms in total. The molecule has 0 aliphatic heterocycles. The molecule has 4 rings (SSSR count). The number of benzene rings is 2. The van der Waals surface area contributed by atoms with Crippen LogP contribution in [0.5, 0.6) is 11.6 Å². The Morgan fingerprint density at radius 1 is 0.808 bits per heavy atom. The van der Waals surface area contributed by atoms with Gasteiger partial charge >= 0.3 is 0 Å². The lowest BCUT2D eigenvalue weighted by molar-refractivity contribution is 0.468. The van der Waals surface area contributed by atoms with E-state index in [4.69, 9.17) is 4.74 Å². The molecular weight excluding hydrogens is 322 g/mol. The summed E-state index contributed by atoms with van der Waals surface area (Å²) in [5, 5.41) is 0.875. The molecule has 4 heteroatoms. The molecular formula is C22H19N3O. The first-order valence-corrected chi connectivity index (χ1v) is 8.67. The highest BCUT2D eigenvalue weighted by atomic mass is 16.5. The third-order valence-electron chi connectivity index (χ3n) is 4.22. The van der Waals surface area contributed by atoms with Gasteiger partial charge in [-0.2, -0.15) is 4.98 Å². The smallest absolute Gasteiger partial charge is 0.230 e. The summed E-state index contributed by atoms with van der Waals surface area (Å²) in [5.41, 5.74) is 2.83. The molecule has 4 aromatic rings. The number of hydrogen-bond acceptors (Lipinski definition) is 4. The SMILES string of the molecule is CC(C)c1ccc(Oc2nc(-c3ccccn3)nc3ccccc23)cc1. The normalized spacial score (nSPS) is 11.0. The van der Waals surface area contributed by atoms with Crippen molar-refractivity contribution in [1.82, 2.24) is 15.0 Å². The van der Waals surface area contributed by atoms with Crippen LogP contribution in [0.1, 0.15) is 25.3 Å². The van der Waals surface area contributed by atoms with E-state index >= 15 is 0 Å². The summed E-state index contributed by atoms with van der Waals surface area (Å²) >= 11 is 0. The van der Waals surface area contributed by atoms with Gasteiger partial charge in [-0.1, -0.05) is 44.2 Å². The van der Waals surface area contributed by atoms with Gasteiger partial charge in [0.1, 0.15) is 11.4 Å². The number of hydrogen-bond donors (Lipinski definition) is 0. The molecule has 0 aliphatic carbocycles. The third-order valence-corrected chi connectivity index (χ3v) is 4.22. The van der Waals surface area contributed by atoms with Crippen molar-refractivity contribution < 1.29 is 4.74 Å². The molecule has 0 saturated heterocycles. The second kappa shape index (κ2) is 6.92. The standard InChI is InChI=1S/C22H19N3O/c1-15(2)16-10-12-17(13-11-16)26-22-18-7-3-4-8-19(18)24-21(25-22)20-9-5-6-14-23-20/h3-15H,1-2H3. The van der Waals surface area contributed by atoms with E-state index in [1.54, 1.807) is 6.20 Å². The van der Waals surface area contributed by atoms with Crippen molar-refractivity contribution in [3.8, 4) is 23.1 Å². The Balaban J connectivity index is 1.78. The molecule has 0 fully saturated rings. The molecule has 0 N–H and O–H groups in total. The van der Waals surface area contributed by atoms with Crippen molar-refractivity contribution in [2.24, 2.45) is 0 Å².